The second-order valence-electron chi connectivity index (χ2n) is 6.04. The van der Waals surface area contributed by atoms with Gasteiger partial charge in [-0.3, -0.25) is 9.59 Å². The van der Waals surface area contributed by atoms with Gasteiger partial charge in [-0.15, -0.1) is 0 Å². The van der Waals surface area contributed by atoms with Crippen LogP contribution < -0.4 is 16.3 Å². The number of anilines is 1. The molecule has 0 aliphatic heterocycles. The maximum Gasteiger partial charge on any atom is 0.336 e. The Balaban J connectivity index is 1.61. The van der Waals surface area contributed by atoms with Crippen molar-refractivity contribution in [2.45, 2.75) is 13.8 Å². The van der Waals surface area contributed by atoms with Crippen molar-refractivity contribution in [1.29, 1.82) is 0 Å². The fourth-order valence-corrected chi connectivity index (χ4v) is 2.50. The molecule has 0 saturated heterocycles. The highest BCUT2D eigenvalue weighted by Crippen LogP contribution is 2.17. The number of rotatable bonds is 4. The lowest BCUT2D eigenvalue weighted by Crippen LogP contribution is -2.32. The highest BCUT2D eigenvalue weighted by atomic mass is 16.4. The second-order valence-corrected chi connectivity index (χ2v) is 6.04. The van der Waals surface area contributed by atoms with Gasteiger partial charge in [-0.1, -0.05) is 6.07 Å². The van der Waals surface area contributed by atoms with Gasteiger partial charge in [0.25, 0.3) is 5.91 Å². The third-order valence-electron chi connectivity index (χ3n) is 4.08. The molecule has 6 heteroatoms. The normalized spacial score (nSPS) is 10.5. The standard InChI is InChI=1S/C20H18N2O4/c1-12-3-4-15(9-13(12)2)20(25)21-11-18(23)22-16-6-7-17-14(10-16)5-8-19(24)26-17/h3-10H,11H2,1-2H3,(H,21,25)(H,22,23). The van der Waals surface area contributed by atoms with Crippen LogP contribution in [0.25, 0.3) is 11.0 Å². The lowest BCUT2D eigenvalue weighted by Gasteiger charge is -2.09. The van der Waals surface area contributed by atoms with E-state index in [1.54, 1.807) is 36.4 Å². The van der Waals surface area contributed by atoms with Gasteiger partial charge in [0.1, 0.15) is 5.58 Å². The van der Waals surface area contributed by atoms with Crippen LogP contribution in [0.1, 0.15) is 21.5 Å². The van der Waals surface area contributed by atoms with E-state index in [9.17, 15) is 14.4 Å². The highest BCUT2D eigenvalue weighted by molar-refractivity contribution is 6.00. The van der Waals surface area contributed by atoms with Gasteiger partial charge in [-0.05, 0) is 61.4 Å². The zero-order valence-corrected chi connectivity index (χ0v) is 14.5. The molecule has 0 unspecified atom stereocenters. The van der Waals surface area contributed by atoms with Crippen molar-refractivity contribution in [2.75, 3.05) is 11.9 Å². The molecule has 26 heavy (non-hydrogen) atoms. The van der Waals surface area contributed by atoms with Crippen LogP contribution in [0.2, 0.25) is 0 Å². The number of amides is 2. The predicted molar refractivity (Wildman–Crippen MR) is 99.4 cm³/mol. The minimum atomic E-state index is -0.427. The molecule has 2 N–H and O–H groups in total. The Kier molecular flexibility index (Phi) is 4.84. The molecule has 0 saturated carbocycles. The van der Waals surface area contributed by atoms with Crippen LogP contribution >= 0.6 is 0 Å². The largest absolute Gasteiger partial charge is 0.423 e. The number of hydrogen-bond acceptors (Lipinski definition) is 4. The summed E-state index contributed by atoms with van der Waals surface area (Å²) in [5, 5.41) is 6.00. The van der Waals surface area contributed by atoms with Crippen molar-refractivity contribution in [3.63, 3.8) is 0 Å². The van der Waals surface area contributed by atoms with E-state index < -0.39 is 5.63 Å². The molecule has 0 aliphatic carbocycles. The van der Waals surface area contributed by atoms with Gasteiger partial charge in [-0.2, -0.15) is 0 Å². The topological polar surface area (TPSA) is 88.4 Å². The summed E-state index contributed by atoms with van der Waals surface area (Å²) in [5.74, 6) is -0.651. The zero-order chi connectivity index (χ0) is 18.7. The maximum absolute atomic E-state index is 12.1. The number of fused-ring (bicyclic) bond motifs is 1. The molecule has 1 heterocycles. The van der Waals surface area contributed by atoms with E-state index in [0.717, 1.165) is 11.1 Å². The molecule has 0 atom stereocenters. The van der Waals surface area contributed by atoms with Gasteiger partial charge in [0.2, 0.25) is 5.91 Å². The molecule has 0 aliphatic rings. The highest BCUT2D eigenvalue weighted by Gasteiger charge is 2.09. The maximum atomic E-state index is 12.1. The van der Waals surface area contributed by atoms with E-state index in [2.05, 4.69) is 10.6 Å². The van der Waals surface area contributed by atoms with E-state index in [4.69, 9.17) is 4.42 Å². The molecule has 2 amide bonds. The van der Waals surface area contributed by atoms with Gasteiger partial charge in [0.05, 0.1) is 6.54 Å². The molecule has 3 aromatic rings. The predicted octanol–water partition coefficient (Wildman–Crippen LogP) is 2.78. The average Bonchev–Trinajstić information content (AvgIpc) is 2.62. The fourth-order valence-electron chi connectivity index (χ4n) is 2.50. The molecule has 0 bridgehead atoms. The van der Waals surface area contributed by atoms with Crippen LogP contribution in [-0.2, 0) is 4.79 Å². The van der Waals surface area contributed by atoms with Crippen LogP contribution in [0.15, 0.2) is 57.7 Å². The summed E-state index contributed by atoms with van der Waals surface area (Å²) in [7, 11) is 0. The SMILES string of the molecule is Cc1ccc(C(=O)NCC(=O)Nc2ccc3oc(=O)ccc3c2)cc1C. The average molecular weight is 350 g/mol. The van der Waals surface area contributed by atoms with Crippen LogP contribution in [0.3, 0.4) is 0 Å². The first-order valence-electron chi connectivity index (χ1n) is 8.11. The minimum absolute atomic E-state index is 0.145. The summed E-state index contributed by atoms with van der Waals surface area (Å²) in [6.45, 7) is 3.76. The summed E-state index contributed by atoms with van der Waals surface area (Å²) in [6, 6.07) is 13.3. The third-order valence-corrected chi connectivity index (χ3v) is 4.08. The van der Waals surface area contributed by atoms with Crippen molar-refractivity contribution in [3.8, 4) is 0 Å². The van der Waals surface area contributed by atoms with Crippen LogP contribution in [0, 0.1) is 13.8 Å². The van der Waals surface area contributed by atoms with Gasteiger partial charge in [0, 0.05) is 22.7 Å². The lowest BCUT2D eigenvalue weighted by atomic mass is 10.1. The van der Waals surface area contributed by atoms with E-state index in [1.165, 1.54) is 6.07 Å². The van der Waals surface area contributed by atoms with E-state index in [1.807, 2.05) is 19.9 Å². The minimum Gasteiger partial charge on any atom is -0.423 e. The van der Waals surface area contributed by atoms with E-state index in [-0.39, 0.29) is 18.4 Å². The van der Waals surface area contributed by atoms with E-state index >= 15 is 0 Å². The van der Waals surface area contributed by atoms with Crippen LogP contribution in [0.4, 0.5) is 5.69 Å². The Morgan fingerprint density at radius 2 is 1.77 bits per heavy atom. The number of carbonyl (C=O) groups excluding carboxylic acids is 2. The summed E-state index contributed by atoms with van der Waals surface area (Å²) in [4.78, 5) is 35.4. The Morgan fingerprint density at radius 3 is 2.54 bits per heavy atom. The molecule has 0 radical (unpaired) electrons. The molecule has 0 fully saturated rings. The van der Waals surface area contributed by atoms with Crippen LogP contribution in [-0.4, -0.2) is 18.4 Å². The van der Waals surface area contributed by atoms with Crippen molar-refractivity contribution >= 4 is 28.5 Å². The number of aryl methyl sites for hydroxylation is 2. The van der Waals surface area contributed by atoms with Gasteiger partial charge >= 0.3 is 5.63 Å². The second kappa shape index (κ2) is 7.23. The molecule has 132 valence electrons. The van der Waals surface area contributed by atoms with Crippen molar-refractivity contribution in [3.05, 3.63) is 75.6 Å². The van der Waals surface area contributed by atoms with Crippen molar-refractivity contribution in [1.82, 2.24) is 5.32 Å². The molecule has 1 aromatic heterocycles. The summed E-state index contributed by atoms with van der Waals surface area (Å²) in [5.41, 5.74) is 3.21. The molecular weight excluding hydrogens is 332 g/mol. The third kappa shape index (κ3) is 3.97. The van der Waals surface area contributed by atoms with Crippen molar-refractivity contribution < 1.29 is 14.0 Å². The number of nitrogens with one attached hydrogen (secondary N) is 2. The summed E-state index contributed by atoms with van der Waals surface area (Å²) in [6.07, 6.45) is 0. The fraction of sp³-hybridized carbons (Fsp3) is 0.150. The van der Waals surface area contributed by atoms with Crippen LogP contribution in [0.5, 0.6) is 0 Å². The molecule has 2 aromatic carbocycles. The summed E-state index contributed by atoms with van der Waals surface area (Å²) >= 11 is 0. The van der Waals surface area contributed by atoms with Crippen molar-refractivity contribution in [2.24, 2.45) is 0 Å². The number of hydrogen-bond donors (Lipinski definition) is 2. The Labute approximate surface area is 149 Å². The molecular formula is C20H18N2O4. The van der Waals surface area contributed by atoms with Gasteiger partial charge < -0.3 is 15.1 Å². The Morgan fingerprint density at radius 1 is 0.962 bits per heavy atom. The van der Waals surface area contributed by atoms with Gasteiger partial charge in [0.15, 0.2) is 0 Å². The monoisotopic (exact) mass is 350 g/mol. The number of benzene rings is 2. The molecule has 3 rings (SSSR count). The molecule has 0 spiro atoms. The van der Waals surface area contributed by atoms with Gasteiger partial charge in [-0.25, -0.2) is 4.79 Å². The zero-order valence-electron chi connectivity index (χ0n) is 14.5. The molecule has 6 nitrogen and oxygen atoms in total. The quantitative estimate of drug-likeness (QED) is 0.708. The first-order valence-corrected chi connectivity index (χ1v) is 8.11. The Hall–Kier alpha value is -3.41. The first kappa shape index (κ1) is 17.4. The Bertz CT molecular complexity index is 1050. The number of carbonyl (C=O) groups is 2. The first-order chi connectivity index (χ1) is 12.4. The smallest absolute Gasteiger partial charge is 0.336 e. The van der Waals surface area contributed by atoms with E-state index in [0.29, 0.717) is 22.2 Å². The lowest BCUT2D eigenvalue weighted by molar-refractivity contribution is -0.115. The summed E-state index contributed by atoms with van der Waals surface area (Å²) < 4.78 is 5.04.